The maximum absolute atomic E-state index is 14.0. The van der Waals surface area contributed by atoms with Gasteiger partial charge in [0.25, 0.3) is 10.0 Å². The fraction of sp³-hybridized carbons (Fsp3) is 0.296. The molecule has 0 fully saturated rings. The molecule has 0 N–H and O–H groups in total. The number of aryl methyl sites for hydroxylation is 3. The molecule has 0 saturated carbocycles. The molecule has 1 heterocycles. The third kappa shape index (κ3) is 4.66. The Hall–Kier alpha value is -3.32. The lowest BCUT2D eigenvalue weighted by Gasteiger charge is -2.32. The molecule has 34 heavy (non-hydrogen) atoms. The van der Waals surface area contributed by atoms with Crippen molar-refractivity contribution < 1.29 is 17.9 Å². The molecule has 0 spiro atoms. The number of fused-ring (bicyclic) bond motifs is 1. The van der Waals surface area contributed by atoms with Crippen LogP contribution in [0.5, 0.6) is 5.75 Å². The second kappa shape index (κ2) is 9.50. The molecule has 178 valence electrons. The first-order valence-corrected chi connectivity index (χ1v) is 12.7. The van der Waals surface area contributed by atoms with Gasteiger partial charge < -0.3 is 9.64 Å². The summed E-state index contributed by atoms with van der Waals surface area (Å²) in [4.78, 5) is 15.2. The smallest absolute Gasteiger partial charge is 0.268 e. The summed E-state index contributed by atoms with van der Waals surface area (Å²) >= 11 is 0. The molecule has 3 aromatic carbocycles. The Morgan fingerprint density at radius 2 is 1.71 bits per heavy atom. The van der Waals surface area contributed by atoms with Crippen LogP contribution in [-0.4, -0.2) is 39.4 Å². The number of benzene rings is 3. The van der Waals surface area contributed by atoms with E-state index in [1.165, 1.54) is 17.0 Å². The van der Waals surface area contributed by atoms with E-state index in [9.17, 15) is 13.2 Å². The third-order valence-electron chi connectivity index (χ3n) is 6.43. The minimum absolute atomic E-state index is 0.0463. The van der Waals surface area contributed by atoms with Crippen LogP contribution in [0.15, 0.2) is 65.6 Å². The van der Waals surface area contributed by atoms with Gasteiger partial charge in [-0.1, -0.05) is 36.4 Å². The lowest BCUT2D eigenvalue weighted by molar-refractivity contribution is -0.130. The Bertz CT molecular complexity index is 1330. The summed E-state index contributed by atoms with van der Waals surface area (Å²) in [5.41, 5.74) is 5.58. The molecular formula is C27H30N2O4S. The van der Waals surface area contributed by atoms with Gasteiger partial charge in [0.2, 0.25) is 5.91 Å². The first-order chi connectivity index (χ1) is 16.2. The summed E-state index contributed by atoms with van der Waals surface area (Å²) < 4.78 is 34.5. The Labute approximate surface area is 201 Å². The molecule has 0 radical (unpaired) electrons. The zero-order chi connectivity index (χ0) is 24.5. The highest BCUT2D eigenvalue weighted by atomic mass is 32.2. The zero-order valence-electron chi connectivity index (χ0n) is 20.0. The Kier molecular flexibility index (Phi) is 6.66. The minimum Gasteiger partial charge on any atom is -0.495 e. The van der Waals surface area contributed by atoms with Crippen LogP contribution < -0.4 is 9.04 Å². The van der Waals surface area contributed by atoms with Crippen LogP contribution in [0.4, 0.5) is 5.69 Å². The van der Waals surface area contributed by atoms with Gasteiger partial charge in [0, 0.05) is 13.1 Å². The van der Waals surface area contributed by atoms with Gasteiger partial charge >= 0.3 is 0 Å². The molecular weight excluding hydrogens is 448 g/mol. The molecule has 7 heteroatoms. The molecule has 0 saturated heterocycles. The largest absolute Gasteiger partial charge is 0.495 e. The van der Waals surface area contributed by atoms with Gasteiger partial charge in [-0.05, 0) is 79.3 Å². The highest BCUT2D eigenvalue weighted by Gasteiger charge is 2.32. The summed E-state index contributed by atoms with van der Waals surface area (Å²) in [7, 11) is -2.64. The quantitative estimate of drug-likeness (QED) is 0.527. The summed E-state index contributed by atoms with van der Waals surface area (Å²) in [6, 6.07) is 18.5. The van der Waals surface area contributed by atoms with Gasteiger partial charge in [-0.15, -0.1) is 0 Å². The van der Waals surface area contributed by atoms with Crippen molar-refractivity contribution in [1.29, 1.82) is 0 Å². The molecule has 0 unspecified atom stereocenters. The topological polar surface area (TPSA) is 66.9 Å². The molecule has 0 atom stereocenters. The minimum atomic E-state index is -4.08. The van der Waals surface area contributed by atoms with Crippen LogP contribution in [-0.2, 0) is 27.8 Å². The van der Waals surface area contributed by atoms with Gasteiger partial charge in [-0.2, -0.15) is 0 Å². The number of rotatable bonds is 6. The summed E-state index contributed by atoms with van der Waals surface area (Å²) in [5.74, 6) is 0.0155. The van der Waals surface area contributed by atoms with Crippen LogP contribution in [0.25, 0.3) is 0 Å². The van der Waals surface area contributed by atoms with E-state index in [1.807, 2.05) is 51.1 Å². The maximum Gasteiger partial charge on any atom is 0.268 e. The fourth-order valence-electron chi connectivity index (χ4n) is 4.23. The van der Waals surface area contributed by atoms with Gasteiger partial charge in [0.1, 0.15) is 17.2 Å². The predicted molar refractivity (Wildman–Crippen MR) is 134 cm³/mol. The molecule has 3 aromatic rings. The van der Waals surface area contributed by atoms with Crippen molar-refractivity contribution in [2.24, 2.45) is 0 Å². The highest BCUT2D eigenvalue weighted by molar-refractivity contribution is 7.93. The first-order valence-electron chi connectivity index (χ1n) is 11.3. The summed E-state index contributed by atoms with van der Waals surface area (Å²) in [6.45, 7) is 6.48. The fourth-order valence-corrected chi connectivity index (χ4v) is 5.88. The van der Waals surface area contributed by atoms with Crippen molar-refractivity contribution in [3.63, 3.8) is 0 Å². The van der Waals surface area contributed by atoms with Crippen molar-refractivity contribution in [1.82, 2.24) is 4.90 Å². The van der Waals surface area contributed by atoms with Gasteiger partial charge in [0.15, 0.2) is 0 Å². The van der Waals surface area contributed by atoms with Crippen LogP contribution in [0.2, 0.25) is 0 Å². The number of nitrogens with zero attached hydrogens (tertiary/aromatic N) is 2. The predicted octanol–water partition coefficient (Wildman–Crippen LogP) is 4.40. The lowest BCUT2D eigenvalue weighted by atomic mass is 10.00. The van der Waals surface area contributed by atoms with Crippen LogP contribution >= 0.6 is 0 Å². The molecule has 6 nitrogen and oxygen atoms in total. The van der Waals surface area contributed by atoms with Crippen molar-refractivity contribution >= 4 is 21.6 Å². The van der Waals surface area contributed by atoms with E-state index in [4.69, 9.17) is 4.74 Å². The van der Waals surface area contributed by atoms with Crippen molar-refractivity contribution in [3.05, 3.63) is 88.5 Å². The Morgan fingerprint density at radius 3 is 2.41 bits per heavy atom. The maximum atomic E-state index is 14.0. The third-order valence-corrected chi connectivity index (χ3v) is 8.22. The molecule has 1 aliphatic rings. The average Bonchev–Trinajstić information content (AvgIpc) is 2.83. The van der Waals surface area contributed by atoms with Gasteiger partial charge in [0.05, 0.1) is 12.8 Å². The summed E-state index contributed by atoms with van der Waals surface area (Å²) in [5, 5.41) is 0. The number of hydrogen-bond donors (Lipinski definition) is 0. The van der Waals surface area contributed by atoms with Crippen LogP contribution in [0.1, 0.15) is 27.8 Å². The summed E-state index contributed by atoms with van der Waals surface area (Å²) in [6.07, 6.45) is 0.754. The Balaban J connectivity index is 1.73. The van der Waals surface area contributed by atoms with E-state index in [1.54, 1.807) is 29.2 Å². The van der Waals surface area contributed by atoms with Gasteiger partial charge in [-0.3, -0.25) is 9.10 Å². The van der Waals surface area contributed by atoms with E-state index in [2.05, 4.69) is 6.07 Å². The van der Waals surface area contributed by atoms with E-state index in [0.717, 1.165) is 28.7 Å². The van der Waals surface area contributed by atoms with Crippen molar-refractivity contribution in [3.8, 4) is 5.75 Å². The van der Waals surface area contributed by atoms with E-state index >= 15 is 0 Å². The van der Waals surface area contributed by atoms with Crippen molar-refractivity contribution in [2.45, 2.75) is 38.6 Å². The molecule has 4 rings (SSSR count). The van der Waals surface area contributed by atoms with Crippen molar-refractivity contribution in [2.75, 3.05) is 24.5 Å². The monoisotopic (exact) mass is 478 g/mol. The number of ether oxygens (including phenoxy) is 1. The number of carbonyl (C=O) groups is 1. The molecule has 1 amide bonds. The number of methoxy groups -OCH3 is 1. The van der Waals surface area contributed by atoms with Crippen LogP contribution in [0, 0.1) is 20.8 Å². The van der Waals surface area contributed by atoms with E-state index < -0.39 is 10.0 Å². The van der Waals surface area contributed by atoms with Crippen LogP contribution in [0.3, 0.4) is 0 Å². The molecule has 0 aromatic heterocycles. The Morgan fingerprint density at radius 1 is 0.971 bits per heavy atom. The first kappa shape index (κ1) is 23.8. The second-order valence-electron chi connectivity index (χ2n) is 8.77. The van der Waals surface area contributed by atoms with Gasteiger partial charge in [-0.25, -0.2) is 8.42 Å². The molecule has 1 aliphatic heterocycles. The molecule has 0 aliphatic carbocycles. The number of anilines is 1. The highest BCUT2D eigenvalue weighted by Crippen LogP contribution is 2.32. The second-order valence-corrected chi connectivity index (χ2v) is 10.6. The molecule has 0 bridgehead atoms. The lowest BCUT2D eigenvalue weighted by Crippen LogP contribution is -2.44. The average molecular weight is 479 g/mol. The SMILES string of the molecule is COc1ccc(C)cc1S(=O)(=O)N(CC(=O)N1CCc2ccccc2C1)c1ccc(C)c(C)c1. The number of hydrogen-bond acceptors (Lipinski definition) is 4. The number of sulfonamides is 1. The standard InChI is InChI=1S/C27H30N2O4S/c1-19-9-12-25(33-4)26(15-19)34(31,32)29(24-11-10-20(2)21(3)16-24)18-27(30)28-14-13-22-7-5-6-8-23(22)17-28/h5-12,15-16H,13-14,17-18H2,1-4H3. The van der Waals surface area contributed by atoms with E-state index in [-0.39, 0.29) is 23.1 Å². The number of carbonyl (C=O) groups excluding carboxylic acids is 1. The normalized spacial score (nSPS) is 13.4. The van der Waals surface area contributed by atoms with E-state index in [0.29, 0.717) is 18.8 Å². The zero-order valence-corrected chi connectivity index (χ0v) is 20.9. The number of amides is 1.